The third-order valence-corrected chi connectivity index (χ3v) is 3.66. The lowest BCUT2D eigenvalue weighted by Crippen LogP contribution is -2.07. The van der Waals surface area contributed by atoms with Crippen LogP contribution in [0, 0.1) is 9.49 Å². The average molecular weight is 354 g/mol. The first-order chi connectivity index (χ1) is 8.58. The summed E-state index contributed by atoms with van der Waals surface area (Å²) in [7, 11) is 0. The highest BCUT2D eigenvalue weighted by Crippen LogP contribution is 2.23. The number of nitrogens with zero attached hydrogens (tertiary/aromatic N) is 3. The van der Waals surface area contributed by atoms with Gasteiger partial charge in [-0.2, -0.15) is 0 Å². The molecule has 2 heterocycles. The average Bonchev–Trinajstić information content (AvgIpc) is 2.35. The van der Waals surface area contributed by atoms with Crippen molar-refractivity contribution in [2.24, 2.45) is 5.92 Å². The summed E-state index contributed by atoms with van der Waals surface area (Å²) < 4.78 is 0.958. The highest BCUT2D eigenvalue weighted by atomic mass is 127. The molecule has 0 bridgehead atoms. The van der Waals surface area contributed by atoms with Crippen LogP contribution in [0.3, 0.4) is 0 Å². The predicted octanol–water partition coefficient (Wildman–Crippen LogP) is 2.92. The number of pyridine rings is 1. The Morgan fingerprint density at radius 2 is 1.89 bits per heavy atom. The topological polar surface area (TPSA) is 64.7 Å². The molecule has 0 unspecified atom stereocenters. The second kappa shape index (κ2) is 5.60. The number of hydrogen-bond donors (Lipinski definition) is 1. The monoisotopic (exact) mass is 354 g/mol. The van der Waals surface area contributed by atoms with Gasteiger partial charge in [0, 0.05) is 18.0 Å². The van der Waals surface area contributed by atoms with Gasteiger partial charge in [-0.3, -0.25) is 4.98 Å². The fourth-order valence-corrected chi connectivity index (χ4v) is 2.13. The summed E-state index contributed by atoms with van der Waals surface area (Å²) >= 11 is 2.21. The van der Waals surface area contributed by atoms with Crippen LogP contribution in [-0.2, 0) is 6.42 Å². The zero-order valence-corrected chi connectivity index (χ0v) is 12.5. The first-order valence-electron chi connectivity index (χ1n) is 5.80. The fourth-order valence-electron chi connectivity index (χ4n) is 1.66. The summed E-state index contributed by atoms with van der Waals surface area (Å²) in [5, 5.41) is 0. The van der Waals surface area contributed by atoms with Gasteiger partial charge in [0.1, 0.15) is 5.82 Å². The van der Waals surface area contributed by atoms with E-state index in [2.05, 4.69) is 51.4 Å². The molecule has 0 saturated carbocycles. The molecule has 0 amide bonds. The van der Waals surface area contributed by atoms with E-state index in [1.807, 2.05) is 12.1 Å². The second-order valence-corrected chi connectivity index (χ2v) is 5.61. The number of rotatable bonds is 3. The van der Waals surface area contributed by atoms with Crippen molar-refractivity contribution in [1.29, 1.82) is 0 Å². The van der Waals surface area contributed by atoms with Gasteiger partial charge in [-0.25, -0.2) is 9.97 Å². The van der Waals surface area contributed by atoms with Crippen LogP contribution in [0.15, 0.2) is 24.5 Å². The Hall–Kier alpha value is -1.24. The van der Waals surface area contributed by atoms with Crippen molar-refractivity contribution in [3.63, 3.8) is 0 Å². The van der Waals surface area contributed by atoms with Gasteiger partial charge in [-0.1, -0.05) is 13.8 Å². The standard InChI is InChI=1S/C13H15IN4/c1-8(2)7-10-11(14)12(15)18-13(17-10)9-3-5-16-6-4-9/h3-6,8H,7H2,1-2H3,(H2,15,17,18). The lowest BCUT2D eigenvalue weighted by molar-refractivity contribution is 0.632. The molecule has 0 radical (unpaired) electrons. The maximum atomic E-state index is 5.96. The molecule has 0 aliphatic heterocycles. The quantitative estimate of drug-likeness (QED) is 0.861. The number of hydrogen-bond acceptors (Lipinski definition) is 4. The van der Waals surface area contributed by atoms with Crippen LogP contribution in [0.4, 0.5) is 5.82 Å². The van der Waals surface area contributed by atoms with Crippen LogP contribution in [0.1, 0.15) is 19.5 Å². The van der Waals surface area contributed by atoms with E-state index in [4.69, 9.17) is 5.73 Å². The number of halogens is 1. The van der Waals surface area contributed by atoms with E-state index in [1.54, 1.807) is 12.4 Å². The Bertz CT molecular complexity index is 540. The van der Waals surface area contributed by atoms with E-state index in [1.165, 1.54) is 0 Å². The lowest BCUT2D eigenvalue weighted by Gasteiger charge is -2.10. The molecule has 0 spiro atoms. The number of anilines is 1. The van der Waals surface area contributed by atoms with Crippen LogP contribution in [0.25, 0.3) is 11.4 Å². The highest BCUT2D eigenvalue weighted by molar-refractivity contribution is 14.1. The molecule has 0 aromatic carbocycles. The molecule has 2 aromatic heterocycles. The van der Waals surface area contributed by atoms with Gasteiger partial charge in [0.2, 0.25) is 0 Å². The Morgan fingerprint density at radius 3 is 2.50 bits per heavy atom. The van der Waals surface area contributed by atoms with E-state index in [0.717, 1.165) is 21.2 Å². The molecule has 2 N–H and O–H groups in total. The molecule has 0 saturated heterocycles. The molecule has 18 heavy (non-hydrogen) atoms. The van der Waals surface area contributed by atoms with Crippen LogP contribution in [0.5, 0.6) is 0 Å². The molecule has 5 heteroatoms. The molecule has 2 aromatic rings. The molecular weight excluding hydrogens is 339 g/mol. The Balaban J connectivity index is 2.47. The first kappa shape index (κ1) is 13.2. The summed E-state index contributed by atoms with van der Waals surface area (Å²) in [4.78, 5) is 13.0. The maximum Gasteiger partial charge on any atom is 0.161 e. The fraction of sp³-hybridized carbons (Fsp3) is 0.308. The molecule has 2 rings (SSSR count). The van der Waals surface area contributed by atoms with E-state index in [0.29, 0.717) is 17.6 Å². The van der Waals surface area contributed by atoms with Crippen molar-refractivity contribution in [2.75, 3.05) is 5.73 Å². The lowest BCUT2D eigenvalue weighted by atomic mass is 10.1. The van der Waals surface area contributed by atoms with Crippen LogP contribution in [-0.4, -0.2) is 15.0 Å². The van der Waals surface area contributed by atoms with E-state index < -0.39 is 0 Å². The van der Waals surface area contributed by atoms with Crippen molar-refractivity contribution in [1.82, 2.24) is 15.0 Å². The second-order valence-electron chi connectivity index (χ2n) is 4.53. The summed E-state index contributed by atoms with van der Waals surface area (Å²) in [5.41, 5.74) is 7.92. The maximum absolute atomic E-state index is 5.96. The van der Waals surface area contributed by atoms with Gasteiger partial charge >= 0.3 is 0 Å². The minimum atomic E-state index is 0.540. The molecule has 0 fully saturated rings. The largest absolute Gasteiger partial charge is 0.383 e. The van der Waals surface area contributed by atoms with Crippen LogP contribution in [0.2, 0.25) is 0 Å². The minimum Gasteiger partial charge on any atom is -0.383 e. The third-order valence-electron chi connectivity index (χ3n) is 2.49. The molecule has 0 atom stereocenters. The van der Waals surface area contributed by atoms with Gasteiger partial charge in [0.15, 0.2) is 5.82 Å². The Kier molecular flexibility index (Phi) is 4.11. The number of aromatic nitrogens is 3. The summed E-state index contributed by atoms with van der Waals surface area (Å²) in [5.74, 6) is 1.76. The third kappa shape index (κ3) is 2.95. The van der Waals surface area contributed by atoms with Crippen molar-refractivity contribution in [3.8, 4) is 11.4 Å². The zero-order chi connectivity index (χ0) is 13.1. The number of nitrogens with two attached hydrogens (primary N) is 1. The summed E-state index contributed by atoms with van der Waals surface area (Å²) in [6.45, 7) is 4.33. The van der Waals surface area contributed by atoms with E-state index in [9.17, 15) is 0 Å². The van der Waals surface area contributed by atoms with Crippen molar-refractivity contribution in [3.05, 3.63) is 33.8 Å². The van der Waals surface area contributed by atoms with Crippen LogP contribution >= 0.6 is 22.6 Å². The van der Waals surface area contributed by atoms with Crippen molar-refractivity contribution >= 4 is 28.4 Å². The van der Waals surface area contributed by atoms with Gasteiger partial charge in [-0.15, -0.1) is 0 Å². The molecule has 94 valence electrons. The molecular formula is C13H15IN4. The van der Waals surface area contributed by atoms with E-state index >= 15 is 0 Å². The summed E-state index contributed by atoms with van der Waals surface area (Å²) in [6.07, 6.45) is 4.37. The minimum absolute atomic E-state index is 0.540. The van der Waals surface area contributed by atoms with Crippen molar-refractivity contribution < 1.29 is 0 Å². The highest BCUT2D eigenvalue weighted by Gasteiger charge is 2.12. The van der Waals surface area contributed by atoms with Crippen molar-refractivity contribution in [2.45, 2.75) is 20.3 Å². The van der Waals surface area contributed by atoms with Gasteiger partial charge < -0.3 is 5.73 Å². The molecule has 0 aliphatic rings. The summed E-state index contributed by atoms with van der Waals surface area (Å²) in [6, 6.07) is 3.78. The molecule has 0 aliphatic carbocycles. The van der Waals surface area contributed by atoms with Gasteiger partial charge in [0.25, 0.3) is 0 Å². The van der Waals surface area contributed by atoms with E-state index in [-0.39, 0.29) is 0 Å². The van der Waals surface area contributed by atoms with Gasteiger partial charge in [-0.05, 0) is 47.1 Å². The Labute approximate surface area is 120 Å². The zero-order valence-electron chi connectivity index (χ0n) is 10.4. The van der Waals surface area contributed by atoms with Gasteiger partial charge in [0.05, 0.1) is 9.26 Å². The van der Waals surface area contributed by atoms with Crippen LogP contribution < -0.4 is 5.73 Å². The SMILES string of the molecule is CC(C)Cc1nc(-c2ccncc2)nc(N)c1I. The predicted molar refractivity (Wildman–Crippen MR) is 80.9 cm³/mol. The molecule has 4 nitrogen and oxygen atoms in total. The first-order valence-corrected chi connectivity index (χ1v) is 6.88. The Morgan fingerprint density at radius 1 is 1.22 bits per heavy atom. The smallest absolute Gasteiger partial charge is 0.161 e. The normalized spacial score (nSPS) is 10.9. The number of nitrogen functional groups attached to an aromatic ring is 1.